The molecule has 2 atom stereocenters. The molecule has 3 heteroatoms. The number of anilines is 1. The lowest BCUT2D eigenvalue weighted by Crippen LogP contribution is -2.49. The summed E-state index contributed by atoms with van der Waals surface area (Å²) in [6.07, 6.45) is 7.29. The Bertz CT molecular complexity index is 625. The zero-order valence-electron chi connectivity index (χ0n) is 12.6. The zero-order chi connectivity index (χ0) is 14.2. The van der Waals surface area contributed by atoms with E-state index in [1.807, 2.05) is 0 Å². The molecular weight excluding hydrogens is 258 g/mol. The van der Waals surface area contributed by atoms with E-state index in [-0.39, 0.29) is 0 Å². The Balaban J connectivity index is 1.63. The van der Waals surface area contributed by atoms with E-state index in [1.54, 1.807) is 0 Å². The van der Waals surface area contributed by atoms with Gasteiger partial charge in [0.15, 0.2) is 0 Å². The van der Waals surface area contributed by atoms with Gasteiger partial charge in [-0.1, -0.05) is 25.1 Å². The van der Waals surface area contributed by atoms with Gasteiger partial charge in [-0.15, -0.1) is 0 Å². The first-order valence-electron chi connectivity index (χ1n) is 8.21. The van der Waals surface area contributed by atoms with Crippen molar-refractivity contribution in [3.05, 3.63) is 36.5 Å². The second-order valence-corrected chi connectivity index (χ2v) is 6.40. The van der Waals surface area contributed by atoms with Crippen molar-refractivity contribution < 1.29 is 0 Å². The summed E-state index contributed by atoms with van der Waals surface area (Å²) in [5.41, 5.74) is 2.41. The number of pyridine rings is 1. The van der Waals surface area contributed by atoms with Crippen LogP contribution >= 0.6 is 0 Å². The Labute approximate surface area is 126 Å². The maximum atomic E-state index is 4.65. The maximum Gasteiger partial charge on any atom is 0.0703 e. The van der Waals surface area contributed by atoms with E-state index in [4.69, 9.17) is 0 Å². The molecule has 0 amide bonds. The van der Waals surface area contributed by atoms with Gasteiger partial charge in [-0.05, 0) is 44.4 Å². The van der Waals surface area contributed by atoms with E-state index >= 15 is 0 Å². The van der Waals surface area contributed by atoms with Crippen LogP contribution in [0.3, 0.4) is 0 Å². The number of para-hydroxylation sites is 1. The summed E-state index contributed by atoms with van der Waals surface area (Å²) in [5.74, 6) is 0. The first-order chi connectivity index (χ1) is 10.3. The highest BCUT2D eigenvalue weighted by atomic mass is 15.2. The van der Waals surface area contributed by atoms with Crippen LogP contribution in [0.4, 0.5) is 5.69 Å². The van der Waals surface area contributed by atoms with Gasteiger partial charge in [0, 0.05) is 23.5 Å². The van der Waals surface area contributed by atoms with Crippen molar-refractivity contribution in [3.8, 4) is 0 Å². The van der Waals surface area contributed by atoms with Gasteiger partial charge in [-0.25, -0.2) is 0 Å². The van der Waals surface area contributed by atoms with Gasteiger partial charge < -0.3 is 10.2 Å². The maximum absolute atomic E-state index is 4.65. The molecule has 2 aliphatic rings. The molecule has 4 rings (SSSR count). The first-order valence-corrected chi connectivity index (χ1v) is 8.21. The summed E-state index contributed by atoms with van der Waals surface area (Å²) in [6.45, 7) is 3.29. The van der Waals surface area contributed by atoms with Gasteiger partial charge in [0.1, 0.15) is 0 Å². The predicted molar refractivity (Wildman–Crippen MR) is 87.7 cm³/mol. The van der Waals surface area contributed by atoms with E-state index in [1.165, 1.54) is 36.8 Å². The van der Waals surface area contributed by atoms with Crippen LogP contribution in [-0.4, -0.2) is 29.7 Å². The number of fused-ring (bicyclic) bond motifs is 3. The van der Waals surface area contributed by atoms with Gasteiger partial charge in [-0.2, -0.15) is 0 Å². The normalized spacial score (nSPS) is 28.2. The smallest absolute Gasteiger partial charge is 0.0703 e. The number of nitrogens with one attached hydrogen (secondary N) is 1. The number of hydrogen-bond acceptors (Lipinski definition) is 3. The molecule has 0 spiro atoms. The van der Waals surface area contributed by atoms with Crippen molar-refractivity contribution in [1.29, 1.82) is 0 Å². The summed E-state index contributed by atoms with van der Waals surface area (Å²) < 4.78 is 0. The lowest BCUT2D eigenvalue weighted by molar-refractivity contribution is 0.361. The van der Waals surface area contributed by atoms with Crippen LogP contribution in [0.2, 0.25) is 0 Å². The average molecular weight is 281 g/mol. The van der Waals surface area contributed by atoms with Crippen LogP contribution < -0.4 is 10.2 Å². The standard InChI is InChI=1S/C18H23N3/c1-2-19-14-10-15-7-8-16(11-14)21(15)17-9-13-5-3-4-6-18(13)20-12-17/h3-6,9,12,14-16,19H,2,7-8,10-11H2,1H3. The van der Waals surface area contributed by atoms with Crippen LogP contribution in [-0.2, 0) is 0 Å². The molecule has 1 aromatic heterocycles. The fraction of sp³-hybridized carbons (Fsp3) is 0.500. The molecule has 1 N–H and O–H groups in total. The topological polar surface area (TPSA) is 28.2 Å². The summed E-state index contributed by atoms with van der Waals surface area (Å²) in [5, 5.41) is 4.90. The lowest BCUT2D eigenvalue weighted by atomic mass is 9.96. The third-order valence-electron chi connectivity index (χ3n) is 5.10. The predicted octanol–water partition coefficient (Wildman–Crippen LogP) is 3.34. The molecule has 2 saturated heterocycles. The Morgan fingerprint density at radius 1 is 1.19 bits per heavy atom. The lowest BCUT2D eigenvalue weighted by Gasteiger charge is -2.40. The largest absolute Gasteiger partial charge is 0.364 e. The minimum absolute atomic E-state index is 0.691. The van der Waals surface area contributed by atoms with E-state index in [2.05, 4.69) is 58.7 Å². The van der Waals surface area contributed by atoms with Crippen LogP contribution in [0.5, 0.6) is 0 Å². The average Bonchev–Trinajstić information content (AvgIpc) is 2.78. The van der Waals surface area contributed by atoms with Crippen LogP contribution in [0.25, 0.3) is 10.9 Å². The van der Waals surface area contributed by atoms with Gasteiger partial charge in [0.05, 0.1) is 17.4 Å². The molecule has 3 heterocycles. The molecule has 0 radical (unpaired) electrons. The van der Waals surface area contributed by atoms with Crippen molar-refractivity contribution >= 4 is 16.6 Å². The second kappa shape index (κ2) is 5.30. The molecule has 110 valence electrons. The quantitative estimate of drug-likeness (QED) is 0.935. The highest BCUT2D eigenvalue weighted by Crippen LogP contribution is 2.39. The van der Waals surface area contributed by atoms with Crippen molar-refractivity contribution in [2.24, 2.45) is 0 Å². The molecule has 2 unspecified atom stereocenters. The van der Waals surface area contributed by atoms with Crippen molar-refractivity contribution in [2.45, 2.75) is 50.7 Å². The minimum Gasteiger partial charge on any atom is -0.364 e. The molecule has 21 heavy (non-hydrogen) atoms. The van der Waals surface area contributed by atoms with Crippen LogP contribution in [0.15, 0.2) is 36.5 Å². The Morgan fingerprint density at radius 2 is 1.95 bits per heavy atom. The fourth-order valence-corrected chi connectivity index (χ4v) is 4.25. The number of benzene rings is 1. The molecule has 2 fully saturated rings. The van der Waals surface area contributed by atoms with E-state index in [0.717, 1.165) is 12.1 Å². The molecule has 3 nitrogen and oxygen atoms in total. The summed E-state index contributed by atoms with van der Waals surface area (Å²) in [6, 6.07) is 12.8. The molecule has 2 aliphatic heterocycles. The molecule has 0 aliphatic carbocycles. The van der Waals surface area contributed by atoms with Crippen molar-refractivity contribution in [1.82, 2.24) is 10.3 Å². The molecule has 2 aromatic rings. The fourth-order valence-electron chi connectivity index (χ4n) is 4.25. The third-order valence-corrected chi connectivity index (χ3v) is 5.10. The Kier molecular flexibility index (Phi) is 3.30. The molecule has 1 aromatic carbocycles. The summed E-state index contributed by atoms with van der Waals surface area (Å²) >= 11 is 0. The number of hydrogen-bond donors (Lipinski definition) is 1. The molecule has 0 saturated carbocycles. The van der Waals surface area contributed by atoms with Gasteiger partial charge in [-0.3, -0.25) is 4.98 Å². The molecule has 2 bridgehead atoms. The van der Waals surface area contributed by atoms with E-state index < -0.39 is 0 Å². The number of piperidine rings is 1. The summed E-state index contributed by atoms with van der Waals surface area (Å²) in [4.78, 5) is 7.30. The highest BCUT2D eigenvalue weighted by molar-refractivity contribution is 5.81. The zero-order valence-corrected chi connectivity index (χ0v) is 12.6. The van der Waals surface area contributed by atoms with Crippen molar-refractivity contribution in [2.75, 3.05) is 11.4 Å². The number of nitrogens with zero attached hydrogens (tertiary/aromatic N) is 2. The number of rotatable bonds is 3. The van der Waals surface area contributed by atoms with Crippen LogP contribution in [0.1, 0.15) is 32.6 Å². The SMILES string of the molecule is CCNC1CC2CCC(C1)N2c1cnc2ccccc2c1. The van der Waals surface area contributed by atoms with E-state index in [0.29, 0.717) is 18.1 Å². The number of aromatic nitrogens is 1. The van der Waals surface area contributed by atoms with Crippen LogP contribution in [0, 0.1) is 0 Å². The Morgan fingerprint density at radius 3 is 2.71 bits per heavy atom. The minimum atomic E-state index is 0.691. The van der Waals surface area contributed by atoms with Gasteiger partial charge in [0.2, 0.25) is 0 Å². The highest BCUT2D eigenvalue weighted by Gasteiger charge is 2.40. The van der Waals surface area contributed by atoms with Crippen molar-refractivity contribution in [3.63, 3.8) is 0 Å². The first kappa shape index (κ1) is 13.1. The monoisotopic (exact) mass is 281 g/mol. The summed E-state index contributed by atoms with van der Waals surface area (Å²) in [7, 11) is 0. The van der Waals surface area contributed by atoms with Gasteiger partial charge >= 0.3 is 0 Å². The van der Waals surface area contributed by atoms with Gasteiger partial charge in [0.25, 0.3) is 0 Å². The van der Waals surface area contributed by atoms with E-state index in [9.17, 15) is 0 Å². The second-order valence-electron chi connectivity index (χ2n) is 6.40. The Hall–Kier alpha value is -1.61. The molecular formula is C18H23N3. The third kappa shape index (κ3) is 2.30.